The number of benzene rings is 1. The highest BCUT2D eigenvalue weighted by atomic mass is 32.2. The highest BCUT2D eigenvalue weighted by Crippen LogP contribution is 2.17. The zero-order chi connectivity index (χ0) is 14.4. The van der Waals surface area contributed by atoms with Crippen LogP contribution in [0, 0.1) is 12.8 Å². The molecule has 20 heavy (non-hydrogen) atoms. The van der Waals surface area contributed by atoms with E-state index in [4.69, 9.17) is 9.52 Å². The van der Waals surface area contributed by atoms with Gasteiger partial charge in [-0.05, 0) is 29.7 Å². The zero-order valence-electron chi connectivity index (χ0n) is 11.9. The number of aliphatic hydroxyl groups is 1. The number of nitrogens with zero attached hydrogens (tertiary/aromatic N) is 2. The molecule has 0 bridgehead atoms. The molecular weight excluding hydrogens is 272 g/mol. The van der Waals surface area contributed by atoms with E-state index >= 15 is 0 Å². The highest BCUT2D eigenvalue weighted by Gasteiger charge is 2.09. The fraction of sp³-hybridized carbons (Fsp3) is 0.467. The Morgan fingerprint density at radius 2 is 2.00 bits per heavy atom. The van der Waals surface area contributed by atoms with Gasteiger partial charge in [0.05, 0.1) is 12.2 Å². The standard InChI is InChI=1S/C15H20N2O2S/c1-11(8-18)9-20-10-15-17-16-14(19-15)7-13-6-4-3-5-12(13)2/h3-6,11,18H,7-10H2,1-2H3. The first-order chi connectivity index (χ1) is 9.69. The molecule has 1 aromatic heterocycles. The quantitative estimate of drug-likeness (QED) is 0.850. The summed E-state index contributed by atoms with van der Waals surface area (Å²) < 4.78 is 5.65. The maximum Gasteiger partial charge on any atom is 0.226 e. The van der Waals surface area contributed by atoms with E-state index in [1.54, 1.807) is 11.8 Å². The van der Waals surface area contributed by atoms with E-state index in [1.807, 2.05) is 19.1 Å². The fourth-order valence-corrected chi connectivity index (χ4v) is 2.71. The van der Waals surface area contributed by atoms with Crippen LogP contribution in [0.2, 0.25) is 0 Å². The minimum atomic E-state index is 0.218. The Bertz CT molecular complexity index is 542. The van der Waals surface area contributed by atoms with Crippen LogP contribution in [0.4, 0.5) is 0 Å². The Hall–Kier alpha value is -1.33. The minimum Gasteiger partial charge on any atom is -0.424 e. The third-order valence-corrected chi connectivity index (χ3v) is 4.31. The van der Waals surface area contributed by atoms with E-state index in [2.05, 4.69) is 29.3 Å². The van der Waals surface area contributed by atoms with Crippen LogP contribution in [0.1, 0.15) is 29.8 Å². The maximum atomic E-state index is 8.96. The van der Waals surface area contributed by atoms with Gasteiger partial charge in [-0.2, -0.15) is 11.8 Å². The van der Waals surface area contributed by atoms with Crippen molar-refractivity contribution >= 4 is 11.8 Å². The van der Waals surface area contributed by atoms with Crippen molar-refractivity contribution in [3.8, 4) is 0 Å². The van der Waals surface area contributed by atoms with Gasteiger partial charge in [-0.3, -0.25) is 0 Å². The van der Waals surface area contributed by atoms with Crippen molar-refractivity contribution in [1.82, 2.24) is 10.2 Å². The Labute approximate surface area is 123 Å². The number of aryl methyl sites for hydroxylation is 1. The molecule has 0 radical (unpaired) electrons. The van der Waals surface area contributed by atoms with Gasteiger partial charge in [0.25, 0.3) is 0 Å². The average Bonchev–Trinajstić information content (AvgIpc) is 2.89. The molecule has 0 amide bonds. The van der Waals surface area contributed by atoms with Crippen molar-refractivity contribution in [2.45, 2.75) is 26.0 Å². The number of thioether (sulfide) groups is 1. The molecule has 1 heterocycles. The topological polar surface area (TPSA) is 59.2 Å². The first-order valence-electron chi connectivity index (χ1n) is 6.73. The maximum absolute atomic E-state index is 8.96. The normalized spacial score (nSPS) is 12.6. The lowest BCUT2D eigenvalue weighted by Crippen LogP contribution is -2.03. The van der Waals surface area contributed by atoms with Crippen LogP contribution < -0.4 is 0 Å². The SMILES string of the molecule is Cc1ccccc1Cc1nnc(CSCC(C)CO)o1. The third-order valence-electron chi connectivity index (χ3n) is 3.05. The lowest BCUT2D eigenvalue weighted by molar-refractivity contribution is 0.250. The molecule has 0 aliphatic rings. The van der Waals surface area contributed by atoms with Crippen molar-refractivity contribution in [3.05, 3.63) is 47.2 Å². The lowest BCUT2D eigenvalue weighted by atomic mass is 10.1. The Balaban J connectivity index is 1.88. The molecular formula is C15H20N2O2S. The van der Waals surface area contributed by atoms with Crippen LogP contribution >= 0.6 is 11.8 Å². The summed E-state index contributed by atoms with van der Waals surface area (Å²) in [5.41, 5.74) is 2.45. The highest BCUT2D eigenvalue weighted by molar-refractivity contribution is 7.98. The number of hydrogen-bond donors (Lipinski definition) is 1. The summed E-state index contributed by atoms with van der Waals surface area (Å²) >= 11 is 1.71. The van der Waals surface area contributed by atoms with Gasteiger partial charge in [0.1, 0.15) is 0 Å². The van der Waals surface area contributed by atoms with Crippen LogP contribution in [0.5, 0.6) is 0 Å². The van der Waals surface area contributed by atoms with Gasteiger partial charge in [0.2, 0.25) is 11.8 Å². The molecule has 1 N–H and O–H groups in total. The van der Waals surface area contributed by atoms with Gasteiger partial charge in [-0.15, -0.1) is 10.2 Å². The Morgan fingerprint density at radius 1 is 1.25 bits per heavy atom. The molecule has 2 aromatic rings. The predicted molar refractivity (Wildman–Crippen MR) is 80.7 cm³/mol. The van der Waals surface area contributed by atoms with Crippen molar-refractivity contribution in [2.24, 2.45) is 5.92 Å². The molecule has 1 unspecified atom stereocenters. The van der Waals surface area contributed by atoms with E-state index in [0.717, 1.165) is 5.75 Å². The van der Waals surface area contributed by atoms with Crippen molar-refractivity contribution in [3.63, 3.8) is 0 Å². The molecule has 0 aliphatic carbocycles. The smallest absolute Gasteiger partial charge is 0.226 e. The summed E-state index contributed by atoms with van der Waals surface area (Å²) in [4.78, 5) is 0. The monoisotopic (exact) mass is 292 g/mol. The fourth-order valence-electron chi connectivity index (χ4n) is 1.79. The van der Waals surface area contributed by atoms with E-state index in [-0.39, 0.29) is 6.61 Å². The zero-order valence-corrected chi connectivity index (χ0v) is 12.7. The van der Waals surface area contributed by atoms with E-state index in [1.165, 1.54) is 11.1 Å². The van der Waals surface area contributed by atoms with Crippen LogP contribution in [-0.4, -0.2) is 27.7 Å². The first-order valence-corrected chi connectivity index (χ1v) is 7.89. The van der Waals surface area contributed by atoms with Crippen LogP contribution in [0.15, 0.2) is 28.7 Å². The summed E-state index contributed by atoms with van der Waals surface area (Å²) in [6, 6.07) is 8.21. The Kier molecular flexibility index (Phi) is 5.61. The summed E-state index contributed by atoms with van der Waals surface area (Å²) in [5, 5.41) is 17.1. The van der Waals surface area contributed by atoms with E-state index < -0.39 is 0 Å². The number of hydrogen-bond acceptors (Lipinski definition) is 5. The molecule has 0 saturated carbocycles. The minimum absolute atomic E-state index is 0.218. The lowest BCUT2D eigenvalue weighted by Gasteiger charge is -2.04. The van der Waals surface area contributed by atoms with Gasteiger partial charge in [-0.1, -0.05) is 31.2 Å². The molecule has 0 saturated heterocycles. The molecule has 0 fully saturated rings. The predicted octanol–water partition coefficient (Wildman–Crippen LogP) is 2.83. The number of rotatable bonds is 7. The molecule has 108 valence electrons. The van der Waals surface area contributed by atoms with Crippen LogP contribution in [0.25, 0.3) is 0 Å². The van der Waals surface area contributed by atoms with Crippen molar-refractivity contribution in [2.75, 3.05) is 12.4 Å². The van der Waals surface area contributed by atoms with E-state index in [0.29, 0.717) is 29.9 Å². The van der Waals surface area contributed by atoms with Crippen LogP contribution in [0.3, 0.4) is 0 Å². The van der Waals surface area contributed by atoms with Gasteiger partial charge in [0.15, 0.2) is 0 Å². The molecule has 4 nitrogen and oxygen atoms in total. The molecule has 5 heteroatoms. The van der Waals surface area contributed by atoms with Gasteiger partial charge < -0.3 is 9.52 Å². The molecule has 1 aromatic carbocycles. The van der Waals surface area contributed by atoms with Crippen LogP contribution in [-0.2, 0) is 12.2 Å². The molecule has 1 atom stereocenters. The molecule has 0 spiro atoms. The largest absolute Gasteiger partial charge is 0.424 e. The average molecular weight is 292 g/mol. The van der Waals surface area contributed by atoms with Crippen molar-refractivity contribution < 1.29 is 9.52 Å². The van der Waals surface area contributed by atoms with Gasteiger partial charge in [0, 0.05) is 6.61 Å². The van der Waals surface area contributed by atoms with Gasteiger partial charge >= 0.3 is 0 Å². The second-order valence-corrected chi connectivity index (χ2v) is 6.03. The third kappa shape index (κ3) is 4.35. The molecule has 2 rings (SSSR count). The Morgan fingerprint density at radius 3 is 2.75 bits per heavy atom. The van der Waals surface area contributed by atoms with Crippen molar-refractivity contribution in [1.29, 1.82) is 0 Å². The molecule has 0 aliphatic heterocycles. The summed E-state index contributed by atoms with van der Waals surface area (Å²) in [6.45, 7) is 4.32. The number of aliphatic hydroxyl groups excluding tert-OH is 1. The second-order valence-electron chi connectivity index (χ2n) is 5.00. The second kappa shape index (κ2) is 7.45. The van der Waals surface area contributed by atoms with Gasteiger partial charge in [-0.25, -0.2) is 0 Å². The summed E-state index contributed by atoms with van der Waals surface area (Å²) in [7, 11) is 0. The number of aromatic nitrogens is 2. The summed E-state index contributed by atoms with van der Waals surface area (Å²) in [5.74, 6) is 3.21. The van der Waals surface area contributed by atoms with E-state index in [9.17, 15) is 0 Å². The first kappa shape index (κ1) is 15.1. The summed E-state index contributed by atoms with van der Waals surface area (Å²) in [6.07, 6.45) is 0.678.